The number of carboxylic acid groups (broad SMARTS) is 1. The van der Waals surface area contributed by atoms with Crippen LogP contribution in [0.3, 0.4) is 0 Å². The summed E-state index contributed by atoms with van der Waals surface area (Å²) in [5.41, 5.74) is 0.479. The standard InChI is InChI=1S/C28H23ClN2O7S/c1-31(39(35,36)22-14-11-19(37-2)12-15-22)18-7-9-20(10-8-18)38-21-13-16-26(24(17-21)28(33)34)30-27(32)23-5-3-4-6-25(23)29/h3-17H,1-2H3,(H,30,32)(H,33,34). The van der Waals surface area contributed by atoms with E-state index in [1.54, 1.807) is 54.6 Å². The lowest BCUT2D eigenvalue weighted by atomic mass is 10.1. The maximum Gasteiger partial charge on any atom is 0.337 e. The molecule has 4 aromatic rings. The Balaban J connectivity index is 1.50. The van der Waals surface area contributed by atoms with Crippen LogP contribution in [0.1, 0.15) is 20.7 Å². The van der Waals surface area contributed by atoms with Gasteiger partial charge in [0.2, 0.25) is 0 Å². The van der Waals surface area contributed by atoms with Crippen LogP contribution in [0, 0.1) is 0 Å². The van der Waals surface area contributed by atoms with Crippen LogP contribution in [0.2, 0.25) is 5.02 Å². The first-order chi connectivity index (χ1) is 18.6. The Kier molecular flexibility index (Phi) is 8.08. The number of aromatic carboxylic acids is 1. The summed E-state index contributed by atoms with van der Waals surface area (Å²) in [5, 5.41) is 12.5. The summed E-state index contributed by atoms with van der Waals surface area (Å²) in [7, 11) is -0.882. The molecule has 39 heavy (non-hydrogen) atoms. The molecule has 0 aromatic heterocycles. The lowest BCUT2D eigenvalue weighted by molar-refractivity contribution is 0.0697. The number of hydrogen-bond acceptors (Lipinski definition) is 6. The number of anilines is 2. The van der Waals surface area contributed by atoms with Crippen LogP contribution in [0.15, 0.2) is 95.9 Å². The minimum Gasteiger partial charge on any atom is -0.497 e. The zero-order valence-electron chi connectivity index (χ0n) is 20.8. The molecular formula is C28H23ClN2O7S. The number of methoxy groups -OCH3 is 1. The Morgan fingerprint density at radius 2 is 1.46 bits per heavy atom. The van der Waals surface area contributed by atoms with E-state index in [4.69, 9.17) is 21.1 Å². The maximum absolute atomic E-state index is 13.0. The molecule has 200 valence electrons. The fraction of sp³-hybridized carbons (Fsp3) is 0.0714. The second-order valence-electron chi connectivity index (χ2n) is 8.19. The molecule has 4 aromatic carbocycles. The molecule has 0 spiro atoms. The Hall–Kier alpha value is -4.54. The molecule has 1 amide bonds. The number of carboxylic acids is 1. The van der Waals surface area contributed by atoms with Crippen LogP contribution in [-0.2, 0) is 10.0 Å². The van der Waals surface area contributed by atoms with Crippen LogP contribution in [-0.4, -0.2) is 39.6 Å². The first-order valence-electron chi connectivity index (χ1n) is 11.4. The van der Waals surface area contributed by atoms with E-state index in [1.165, 1.54) is 50.6 Å². The second-order valence-corrected chi connectivity index (χ2v) is 10.6. The van der Waals surface area contributed by atoms with E-state index in [2.05, 4.69) is 5.32 Å². The second kappa shape index (κ2) is 11.5. The number of nitrogens with zero attached hydrogens (tertiary/aromatic N) is 1. The Labute approximate surface area is 230 Å². The number of halogens is 1. The van der Waals surface area contributed by atoms with Crippen molar-refractivity contribution in [3.63, 3.8) is 0 Å². The summed E-state index contributed by atoms with van der Waals surface area (Å²) in [5.74, 6) is -0.731. The quantitative estimate of drug-likeness (QED) is 0.258. The number of ether oxygens (including phenoxy) is 2. The van der Waals surface area contributed by atoms with E-state index in [1.807, 2.05) is 0 Å². The molecule has 0 saturated heterocycles. The number of rotatable bonds is 9. The zero-order valence-corrected chi connectivity index (χ0v) is 22.4. The van der Waals surface area contributed by atoms with Gasteiger partial charge < -0.3 is 19.9 Å². The molecule has 11 heteroatoms. The third-order valence-electron chi connectivity index (χ3n) is 5.74. The van der Waals surface area contributed by atoms with E-state index in [-0.39, 0.29) is 32.5 Å². The van der Waals surface area contributed by atoms with Crippen molar-refractivity contribution < 1.29 is 32.6 Å². The van der Waals surface area contributed by atoms with Crippen LogP contribution in [0.4, 0.5) is 11.4 Å². The Bertz CT molecular complexity index is 1620. The number of amides is 1. The van der Waals surface area contributed by atoms with Crippen LogP contribution in [0.5, 0.6) is 17.2 Å². The monoisotopic (exact) mass is 566 g/mol. The van der Waals surface area contributed by atoms with Gasteiger partial charge in [-0.25, -0.2) is 13.2 Å². The van der Waals surface area contributed by atoms with Gasteiger partial charge in [-0.2, -0.15) is 0 Å². The largest absolute Gasteiger partial charge is 0.497 e. The number of hydrogen-bond donors (Lipinski definition) is 2. The molecule has 0 heterocycles. The highest BCUT2D eigenvalue weighted by Crippen LogP contribution is 2.30. The molecule has 4 rings (SSSR count). The number of benzene rings is 4. The van der Waals surface area contributed by atoms with Crippen molar-refractivity contribution in [1.29, 1.82) is 0 Å². The van der Waals surface area contributed by atoms with Gasteiger partial charge in [0.15, 0.2) is 0 Å². The van der Waals surface area contributed by atoms with Gasteiger partial charge in [-0.3, -0.25) is 9.10 Å². The lowest BCUT2D eigenvalue weighted by Gasteiger charge is -2.20. The lowest BCUT2D eigenvalue weighted by Crippen LogP contribution is -2.26. The highest BCUT2D eigenvalue weighted by atomic mass is 35.5. The molecule has 0 bridgehead atoms. The van der Waals surface area contributed by atoms with Gasteiger partial charge in [0, 0.05) is 7.05 Å². The topological polar surface area (TPSA) is 122 Å². The average molecular weight is 567 g/mol. The summed E-state index contributed by atoms with van der Waals surface area (Å²) < 4.78 is 38.0. The summed E-state index contributed by atoms with van der Waals surface area (Å²) in [4.78, 5) is 24.6. The first kappa shape index (κ1) is 27.5. The third-order valence-corrected chi connectivity index (χ3v) is 7.87. The molecule has 9 nitrogen and oxygen atoms in total. The third kappa shape index (κ3) is 6.14. The minimum atomic E-state index is -3.81. The van der Waals surface area contributed by atoms with Crippen molar-refractivity contribution in [3.8, 4) is 17.2 Å². The predicted molar refractivity (Wildman–Crippen MR) is 148 cm³/mol. The van der Waals surface area contributed by atoms with Gasteiger partial charge in [-0.1, -0.05) is 23.7 Å². The average Bonchev–Trinajstić information content (AvgIpc) is 2.94. The first-order valence-corrected chi connectivity index (χ1v) is 13.3. The molecule has 0 unspecified atom stereocenters. The van der Waals surface area contributed by atoms with Gasteiger partial charge in [-0.05, 0) is 78.9 Å². The molecule has 0 radical (unpaired) electrons. The van der Waals surface area contributed by atoms with Crippen molar-refractivity contribution >= 4 is 44.9 Å². The molecule has 2 N–H and O–H groups in total. The SMILES string of the molecule is COc1ccc(S(=O)(=O)N(C)c2ccc(Oc3ccc(NC(=O)c4ccccc4Cl)c(C(=O)O)c3)cc2)cc1. The molecule has 0 saturated carbocycles. The number of carbonyl (C=O) groups excluding carboxylic acids is 1. The number of sulfonamides is 1. The highest BCUT2D eigenvalue weighted by molar-refractivity contribution is 7.92. The highest BCUT2D eigenvalue weighted by Gasteiger charge is 2.22. The molecule has 0 aliphatic heterocycles. The van der Waals surface area contributed by atoms with E-state index < -0.39 is 21.9 Å². The Morgan fingerprint density at radius 1 is 0.846 bits per heavy atom. The van der Waals surface area contributed by atoms with E-state index in [0.29, 0.717) is 17.2 Å². The number of carbonyl (C=O) groups is 2. The van der Waals surface area contributed by atoms with E-state index in [0.717, 1.165) is 4.31 Å². The Morgan fingerprint density at radius 3 is 2.08 bits per heavy atom. The van der Waals surface area contributed by atoms with Crippen molar-refractivity contribution in [3.05, 3.63) is 107 Å². The molecule has 0 aliphatic carbocycles. The van der Waals surface area contributed by atoms with Gasteiger partial charge in [0.25, 0.3) is 15.9 Å². The predicted octanol–water partition coefficient (Wildman–Crippen LogP) is 5.92. The summed E-state index contributed by atoms with van der Waals surface area (Å²) in [6.07, 6.45) is 0. The van der Waals surface area contributed by atoms with Crippen LogP contribution < -0.4 is 19.1 Å². The maximum atomic E-state index is 13.0. The van der Waals surface area contributed by atoms with Crippen molar-refractivity contribution in [2.24, 2.45) is 0 Å². The fourth-order valence-electron chi connectivity index (χ4n) is 3.61. The smallest absolute Gasteiger partial charge is 0.337 e. The summed E-state index contributed by atoms with van der Waals surface area (Å²) in [6, 6.07) is 22.9. The summed E-state index contributed by atoms with van der Waals surface area (Å²) in [6.45, 7) is 0. The molecule has 0 atom stereocenters. The van der Waals surface area contributed by atoms with Gasteiger partial charge in [0.05, 0.1) is 39.5 Å². The van der Waals surface area contributed by atoms with Crippen molar-refractivity contribution in [2.75, 3.05) is 23.8 Å². The van der Waals surface area contributed by atoms with E-state index >= 15 is 0 Å². The zero-order chi connectivity index (χ0) is 28.2. The number of nitrogens with one attached hydrogen (secondary N) is 1. The van der Waals surface area contributed by atoms with E-state index in [9.17, 15) is 23.1 Å². The normalized spacial score (nSPS) is 10.9. The van der Waals surface area contributed by atoms with Crippen LogP contribution >= 0.6 is 11.6 Å². The van der Waals surface area contributed by atoms with Gasteiger partial charge >= 0.3 is 5.97 Å². The molecular weight excluding hydrogens is 544 g/mol. The molecule has 0 aliphatic rings. The summed E-state index contributed by atoms with van der Waals surface area (Å²) >= 11 is 6.06. The molecule has 0 fully saturated rings. The fourth-order valence-corrected chi connectivity index (χ4v) is 5.03. The minimum absolute atomic E-state index is 0.0699. The van der Waals surface area contributed by atoms with Gasteiger partial charge in [0.1, 0.15) is 17.2 Å². The van der Waals surface area contributed by atoms with Crippen LogP contribution in [0.25, 0.3) is 0 Å². The van der Waals surface area contributed by atoms with Gasteiger partial charge in [-0.15, -0.1) is 0 Å². The van der Waals surface area contributed by atoms with Crippen molar-refractivity contribution in [2.45, 2.75) is 4.90 Å². The van der Waals surface area contributed by atoms with Crippen molar-refractivity contribution in [1.82, 2.24) is 0 Å².